The Hall–Kier alpha value is -2.70. The van der Waals surface area contributed by atoms with Crippen molar-refractivity contribution in [1.82, 2.24) is 16.2 Å². The fourth-order valence-corrected chi connectivity index (χ4v) is 1.47. The van der Waals surface area contributed by atoms with Crippen LogP contribution in [0.15, 0.2) is 30.3 Å². The molecule has 0 atom stereocenters. The number of hydrogen-bond donors (Lipinski definition) is 3. The summed E-state index contributed by atoms with van der Waals surface area (Å²) < 4.78 is 13.3. The van der Waals surface area contributed by atoms with Gasteiger partial charge < -0.3 is 5.32 Å². The predicted molar refractivity (Wildman–Crippen MR) is 72.9 cm³/mol. The van der Waals surface area contributed by atoms with Crippen LogP contribution in [0.5, 0.6) is 0 Å². The van der Waals surface area contributed by atoms with E-state index in [1.807, 2.05) is 10.9 Å². The molecular formula is C14H14FN3O3. The average molecular weight is 291 g/mol. The summed E-state index contributed by atoms with van der Waals surface area (Å²) in [5, 5.41) is 2.47. The molecule has 0 aliphatic heterocycles. The van der Waals surface area contributed by atoms with Crippen LogP contribution in [0.25, 0.3) is 6.08 Å². The summed E-state index contributed by atoms with van der Waals surface area (Å²) in [5.74, 6) is -2.88. The van der Waals surface area contributed by atoms with Crippen molar-refractivity contribution in [2.24, 2.45) is 0 Å². The van der Waals surface area contributed by atoms with Crippen molar-refractivity contribution < 1.29 is 18.8 Å². The minimum atomic E-state index is -0.949. The van der Waals surface area contributed by atoms with Gasteiger partial charge in [0.15, 0.2) is 0 Å². The van der Waals surface area contributed by atoms with Crippen molar-refractivity contribution in [3.63, 3.8) is 0 Å². The van der Waals surface area contributed by atoms with Crippen LogP contribution in [0.3, 0.4) is 0 Å². The molecule has 3 amide bonds. The van der Waals surface area contributed by atoms with E-state index >= 15 is 0 Å². The molecule has 110 valence electrons. The molecule has 0 bridgehead atoms. The van der Waals surface area contributed by atoms with Gasteiger partial charge in [-0.05, 0) is 25.0 Å². The summed E-state index contributed by atoms with van der Waals surface area (Å²) in [6.07, 6.45) is 4.03. The van der Waals surface area contributed by atoms with Gasteiger partial charge in [0.1, 0.15) is 5.82 Å². The van der Waals surface area contributed by atoms with Crippen LogP contribution in [0, 0.1) is 5.82 Å². The molecule has 2 rings (SSSR count). The second-order valence-electron chi connectivity index (χ2n) is 4.55. The second-order valence-corrected chi connectivity index (χ2v) is 4.55. The number of carbonyl (C=O) groups is 3. The Balaban J connectivity index is 1.77. The maximum absolute atomic E-state index is 13.3. The number of halogens is 1. The lowest BCUT2D eigenvalue weighted by Crippen LogP contribution is -2.48. The van der Waals surface area contributed by atoms with Gasteiger partial charge in [0.05, 0.1) is 0 Å². The first-order valence-electron chi connectivity index (χ1n) is 6.39. The second kappa shape index (κ2) is 6.65. The van der Waals surface area contributed by atoms with E-state index in [0.717, 1.165) is 18.9 Å². The number of benzene rings is 1. The Morgan fingerprint density at radius 1 is 1.10 bits per heavy atom. The van der Waals surface area contributed by atoms with E-state index in [1.54, 1.807) is 6.07 Å². The van der Waals surface area contributed by atoms with E-state index in [1.165, 1.54) is 24.3 Å². The minimum Gasteiger partial charge on any atom is -0.345 e. The van der Waals surface area contributed by atoms with Crippen LogP contribution in [0.2, 0.25) is 0 Å². The molecule has 0 unspecified atom stereocenters. The topological polar surface area (TPSA) is 87.3 Å². The summed E-state index contributed by atoms with van der Waals surface area (Å²) in [6, 6.07) is 5.98. The lowest BCUT2D eigenvalue weighted by Gasteiger charge is -2.05. The van der Waals surface area contributed by atoms with E-state index in [2.05, 4.69) is 5.32 Å². The number of carbonyl (C=O) groups excluding carboxylic acids is 3. The minimum absolute atomic E-state index is 0.0555. The highest BCUT2D eigenvalue weighted by Gasteiger charge is 2.26. The van der Waals surface area contributed by atoms with Crippen LogP contribution < -0.4 is 16.2 Å². The molecule has 7 heteroatoms. The van der Waals surface area contributed by atoms with E-state index in [9.17, 15) is 18.8 Å². The predicted octanol–water partition coefficient (Wildman–Crippen LogP) is 0.265. The van der Waals surface area contributed by atoms with Gasteiger partial charge in [-0.15, -0.1) is 0 Å². The smallest absolute Gasteiger partial charge is 0.327 e. The zero-order valence-electron chi connectivity index (χ0n) is 11.1. The van der Waals surface area contributed by atoms with Gasteiger partial charge in [-0.25, -0.2) is 4.39 Å². The van der Waals surface area contributed by atoms with Crippen LogP contribution in [-0.4, -0.2) is 23.8 Å². The first kappa shape index (κ1) is 14.7. The molecule has 6 nitrogen and oxygen atoms in total. The third-order valence-electron chi connectivity index (χ3n) is 2.74. The Morgan fingerprint density at radius 3 is 2.48 bits per heavy atom. The molecule has 0 radical (unpaired) electrons. The summed E-state index contributed by atoms with van der Waals surface area (Å²) in [7, 11) is 0. The van der Waals surface area contributed by atoms with Gasteiger partial charge >= 0.3 is 11.8 Å². The van der Waals surface area contributed by atoms with E-state index in [0.29, 0.717) is 0 Å². The van der Waals surface area contributed by atoms with Crippen molar-refractivity contribution in [3.8, 4) is 0 Å². The number of hydrogen-bond acceptors (Lipinski definition) is 3. The molecule has 1 saturated carbocycles. The number of nitrogens with one attached hydrogen (secondary N) is 3. The summed E-state index contributed by atoms with van der Waals surface area (Å²) in [6.45, 7) is 0. The molecule has 1 aromatic carbocycles. The van der Waals surface area contributed by atoms with Crippen molar-refractivity contribution in [2.75, 3.05) is 0 Å². The van der Waals surface area contributed by atoms with Crippen LogP contribution in [0.4, 0.5) is 4.39 Å². The molecule has 1 aliphatic rings. The molecule has 0 heterocycles. The maximum atomic E-state index is 13.3. The molecule has 0 aromatic heterocycles. The number of rotatable bonds is 3. The van der Waals surface area contributed by atoms with Gasteiger partial charge in [0.2, 0.25) is 0 Å². The van der Waals surface area contributed by atoms with Crippen molar-refractivity contribution in [3.05, 3.63) is 41.7 Å². The Morgan fingerprint density at radius 2 is 1.81 bits per heavy atom. The third-order valence-corrected chi connectivity index (χ3v) is 2.74. The quantitative estimate of drug-likeness (QED) is 0.424. The Kier molecular flexibility index (Phi) is 4.65. The van der Waals surface area contributed by atoms with Crippen LogP contribution in [-0.2, 0) is 14.4 Å². The average Bonchev–Trinajstić information content (AvgIpc) is 3.27. The number of hydrazine groups is 1. The summed E-state index contributed by atoms with van der Waals surface area (Å²) in [5.41, 5.74) is 4.25. The molecule has 1 aromatic rings. The monoisotopic (exact) mass is 291 g/mol. The van der Waals surface area contributed by atoms with Gasteiger partial charge in [0.25, 0.3) is 5.91 Å². The zero-order valence-corrected chi connectivity index (χ0v) is 11.1. The van der Waals surface area contributed by atoms with E-state index < -0.39 is 23.5 Å². The third kappa shape index (κ3) is 4.72. The highest BCUT2D eigenvalue weighted by Crippen LogP contribution is 2.18. The maximum Gasteiger partial charge on any atom is 0.327 e. The Bertz CT molecular complexity index is 597. The lowest BCUT2D eigenvalue weighted by atomic mass is 10.2. The van der Waals surface area contributed by atoms with E-state index in [4.69, 9.17) is 0 Å². The van der Waals surface area contributed by atoms with Crippen molar-refractivity contribution >= 4 is 23.8 Å². The molecule has 21 heavy (non-hydrogen) atoms. The van der Waals surface area contributed by atoms with Gasteiger partial charge in [0, 0.05) is 17.7 Å². The van der Waals surface area contributed by atoms with Gasteiger partial charge in [-0.1, -0.05) is 18.2 Å². The standard InChI is InChI=1S/C14H14FN3O3/c15-11-4-2-1-3-9(11)5-8-12(19)17-18-14(21)13(20)16-10-6-7-10/h1-5,8,10H,6-7H2,(H,16,20)(H,17,19)(H,18,21)/b8-5+. The van der Waals surface area contributed by atoms with Crippen molar-refractivity contribution in [1.29, 1.82) is 0 Å². The first-order valence-corrected chi connectivity index (χ1v) is 6.39. The molecule has 0 saturated heterocycles. The SMILES string of the molecule is O=C(/C=C/c1ccccc1F)NNC(=O)C(=O)NC1CC1. The first-order chi connectivity index (χ1) is 10.1. The van der Waals surface area contributed by atoms with Gasteiger partial charge in [-0.3, -0.25) is 25.2 Å². The van der Waals surface area contributed by atoms with Crippen LogP contribution in [0.1, 0.15) is 18.4 Å². The summed E-state index contributed by atoms with van der Waals surface area (Å²) >= 11 is 0. The molecule has 1 aliphatic carbocycles. The highest BCUT2D eigenvalue weighted by molar-refractivity contribution is 6.35. The fraction of sp³-hybridized carbons (Fsp3) is 0.214. The normalized spacial score (nSPS) is 13.8. The molecule has 0 spiro atoms. The van der Waals surface area contributed by atoms with Gasteiger partial charge in [-0.2, -0.15) is 0 Å². The molecule has 3 N–H and O–H groups in total. The van der Waals surface area contributed by atoms with E-state index in [-0.39, 0.29) is 11.6 Å². The Labute approximate surface area is 120 Å². The summed E-state index contributed by atoms with van der Waals surface area (Å²) in [4.78, 5) is 34.0. The lowest BCUT2D eigenvalue weighted by molar-refractivity contribution is -0.140. The molecule has 1 fully saturated rings. The molecular weight excluding hydrogens is 277 g/mol. The van der Waals surface area contributed by atoms with Crippen molar-refractivity contribution in [2.45, 2.75) is 18.9 Å². The largest absolute Gasteiger partial charge is 0.345 e. The van der Waals surface area contributed by atoms with Crippen LogP contribution >= 0.6 is 0 Å². The fourth-order valence-electron chi connectivity index (χ4n) is 1.47. The highest BCUT2D eigenvalue weighted by atomic mass is 19.1. The zero-order chi connectivity index (χ0) is 15.2. The number of amides is 3.